The van der Waals surface area contributed by atoms with Crippen molar-refractivity contribution in [2.75, 3.05) is 18.5 Å². The van der Waals surface area contributed by atoms with E-state index in [1.165, 1.54) is 12.1 Å². The van der Waals surface area contributed by atoms with E-state index in [1.807, 2.05) is 13.8 Å². The predicted molar refractivity (Wildman–Crippen MR) is 67.8 cm³/mol. The molecule has 3 N–H and O–H groups in total. The van der Waals surface area contributed by atoms with Crippen molar-refractivity contribution >= 4 is 23.3 Å². The molecule has 0 aliphatic rings. The van der Waals surface area contributed by atoms with Crippen LogP contribution >= 0.6 is 11.6 Å². The Morgan fingerprint density at radius 1 is 1.47 bits per heavy atom. The molecule has 0 fully saturated rings. The van der Waals surface area contributed by atoms with E-state index in [1.54, 1.807) is 6.07 Å². The zero-order valence-corrected chi connectivity index (χ0v) is 10.6. The standard InChI is InChI=1S/C12H16ClNO3/c1-12(2,7-15)6-14-10-4-3-8(11(16)17)5-9(10)13/h3-5,14-15H,6-7H2,1-2H3,(H,16,17). The molecule has 0 saturated carbocycles. The number of rotatable bonds is 5. The summed E-state index contributed by atoms with van der Waals surface area (Å²) >= 11 is 5.96. The Morgan fingerprint density at radius 3 is 2.59 bits per heavy atom. The van der Waals surface area contributed by atoms with Crippen LogP contribution in [-0.4, -0.2) is 29.3 Å². The van der Waals surface area contributed by atoms with Crippen molar-refractivity contribution in [2.45, 2.75) is 13.8 Å². The van der Waals surface area contributed by atoms with Crippen LogP contribution in [0.15, 0.2) is 18.2 Å². The van der Waals surface area contributed by atoms with Crippen molar-refractivity contribution in [1.29, 1.82) is 0 Å². The molecule has 0 atom stereocenters. The Kier molecular flexibility index (Phi) is 4.37. The summed E-state index contributed by atoms with van der Waals surface area (Å²) in [6, 6.07) is 4.51. The number of anilines is 1. The van der Waals surface area contributed by atoms with Gasteiger partial charge in [0.05, 0.1) is 16.3 Å². The molecule has 0 spiro atoms. The van der Waals surface area contributed by atoms with Gasteiger partial charge < -0.3 is 15.5 Å². The molecule has 1 aromatic carbocycles. The number of hydrogen-bond donors (Lipinski definition) is 3. The van der Waals surface area contributed by atoms with Gasteiger partial charge in [-0.3, -0.25) is 0 Å². The second-order valence-electron chi connectivity index (χ2n) is 4.68. The van der Waals surface area contributed by atoms with E-state index in [-0.39, 0.29) is 17.6 Å². The van der Waals surface area contributed by atoms with Gasteiger partial charge in [-0.15, -0.1) is 0 Å². The Balaban J connectivity index is 2.77. The molecular formula is C12H16ClNO3. The third kappa shape index (κ3) is 3.91. The van der Waals surface area contributed by atoms with E-state index >= 15 is 0 Å². The highest BCUT2D eigenvalue weighted by Crippen LogP contribution is 2.24. The van der Waals surface area contributed by atoms with Crippen molar-refractivity contribution in [1.82, 2.24) is 0 Å². The van der Waals surface area contributed by atoms with Gasteiger partial charge in [0.2, 0.25) is 0 Å². The van der Waals surface area contributed by atoms with Crippen molar-refractivity contribution in [3.8, 4) is 0 Å². The number of nitrogens with one attached hydrogen (secondary N) is 1. The molecule has 0 aliphatic carbocycles. The normalized spacial score (nSPS) is 11.3. The molecule has 0 aliphatic heterocycles. The van der Waals surface area contributed by atoms with Crippen LogP contribution in [0, 0.1) is 5.41 Å². The lowest BCUT2D eigenvalue weighted by Crippen LogP contribution is -2.26. The smallest absolute Gasteiger partial charge is 0.335 e. The molecule has 4 nitrogen and oxygen atoms in total. The molecule has 5 heteroatoms. The summed E-state index contributed by atoms with van der Waals surface area (Å²) in [6.07, 6.45) is 0. The Bertz CT molecular complexity index is 418. The Hall–Kier alpha value is -1.26. The molecule has 0 saturated heterocycles. The first kappa shape index (κ1) is 13.8. The highest BCUT2D eigenvalue weighted by molar-refractivity contribution is 6.33. The summed E-state index contributed by atoms with van der Waals surface area (Å²) in [5.74, 6) is -1.01. The molecule has 0 unspecified atom stereocenters. The number of hydrogen-bond acceptors (Lipinski definition) is 3. The van der Waals surface area contributed by atoms with Crippen LogP contribution in [0.5, 0.6) is 0 Å². The van der Waals surface area contributed by atoms with E-state index in [0.29, 0.717) is 17.3 Å². The Morgan fingerprint density at radius 2 is 2.12 bits per heavy atom. The molecule has 0 amide bonds. The van der Waals surface area contributed by atoms with Gasteiger partial charge in [0, 0.05) is 18.6 Å². The number of benzene rings is 1. The van der Waals surface area contributed by atoms with Crippen LogP contribution in [0.1, 0.15) is 24.2 Å². The van der Waals surface area contributed by atoms with Crippen molar-refractivity contribution < 1.29 is 15.0 Å². The SMILES string of the molecule is CC(C)(CO)CNc1ccc(C(=O)O)cc1Cl. The lowest BCUT2D eigenvalue weighted by Gasteiger charge is -2.23. The van der Waals surface area contributed by atoms with Crippen LogP contribution in [0.25, 0.3) is 0 Å². The van der Waals surface area contributed by atoms with E-state index < -0.39 is 5.97 Å². The number of carbonyl (C=O) groups is 1. The highest BCUT2D eigenvalue weighted by atomic mass is 35.5. The van der Waals surface area contributed by atoms with Gasteiger partial charge in [-0.2, -0.15) is 0 Å². The molecule has 0 aromatic heterocycles. The van der Waals surface area contributed by atoms with Gasteiger partial charge in [-0.05, 0) is 18.2 Å². The summed E-state index contributed by atoms with van der Waals surface area (Å²) in [4.78, 5) is 10.7. The van der Waals surface area contributed by atoms with Crippen LogP contribution < -0.4 is 5.32 Å². The van der Waals surface area contributed by atoms with E-state index in [2.05, 4.69) is 5.32 Å². The fraction of sp³-hybridized carbons (Fsp3) is 0.417. The molecule has 1 rings (SSSR count). The molecule has 0 radical (unpaired) electrons. The fourth-order valence-corrected chi connectivity index (χ4v) is 1.43. The number of aliphatic hydroxyl groups is 1. The van der Waals surface area contributed by atoms with Gasteiger partial charge in [-0.25, -0.2) is 4.79 Å². The number of halogens is 1. The minimum atomic E-state index is -1.01. The van der Waals surface area contributed by atoms with Crippen LogP contribution in [0.4, 0.5) is 5.69 Å². The minimum absolute atomic E-state index is 0.0603. The van der Waals surface area contributed by atoms with Crippen LogP contribution in [0.3, 0.4) is 0 Å². The molecular weight excluding hydrogens is 242 g/mol. The molecule has 17 heavy (non-hydrogen) atoms. The minimum Gasteiger partial charge on any atom is -0.478 e. The lowest BCUT2D eigenvalue weighted by molar-refractivity contribution is 0.0697. The first-order valence-electron chi connectivity index (χ1n) is 5.23. The first-order valence-corrected chi connectivity index (χ1v) is 5.61. The van der Waals surface area contributed by atoms with Crippen molar-refractivity contribution in [3.63, 3.8) is 0 Å². The summed E-state index contributed by atoms with van der Waals surface area (Å²) in [5.41, 5.74) is 0.564. The fourth-order valence-electron chi connectivity index (χ4n) is 1.18. The van der Waals surface area contributed by atoms with Gasteiger partial charge in [0.1, 0.15) is 0 Å². The largest absolute Gasteiger partial charge is 0.478 e. The lowest BCUT2D eigenvalue weighted by atomic mass is 9.95. The number of aliphatic hydroxyl groups excluding tert-OH is 1. The van der Waals surface area contributed by atoms with Gasteiger partial charge in [0.15, 0.2) is 0 Å². The molecule has 1 aromatic rings. The average Bonchev–Trinajstić information content (AvgIpc) is 2.27. The third-order valence-electron chi connectivity index (χ3n) is 2.40. The second kappa shape index (κ2) is 5.38. The van der Waals surface area contributed by atoms with Gasteiger partial charge in [-0.1, -0.05) is 25.4 Å². The quantitative estimate of drug-likeness (QED) is 0.758. The van der Waals surface area contributed by atoms with Crippen molar-refractivity contribution in [2.24, 2.45) is 5.41 Å². The predicted octanol–water partition coefficient (Wildman–Crippen LogP) is 2.47. The molecule has 0 bridgehead atoms. The third-order valence-corrected chi connectivity index (χ3v) is 2.71. The maximum Gasteiger partial charge on any atom is 0.335 e. The van der Waals surface area contributed by atoms with Crippen LogP contribution in [0.2, 0.25) is 5.02 Å². The summed E-state index contributed by atoms with van der Waals surface area (Å²) in [7, 11) is 0. The van der Waals surface area contributed by atoms with E-state index in [4.69, 9.17) is 21.8 Å². The maximum atomic E-state index is 10.7. The summed E-state index contributed by atoms with van der Waals surface area (Å²) < 4.78 is 0. The summed E-state index contributed by atoms with van der Waals surface area (Å²) in [5, 5.41) is 21.3. The Labute approximate surface area is 105 Å². The van der Waals surface area contributed by atoms with Gasteiger partial charge >= 0.3 is 5.97 Å². The molecule has 94 valence electrons. The monoisotopic (exact) mass is 257 g/mol. The first-order chi connectivity index (χ1) is 7.85. The summed E-state index contributed by atoms with van der Waals surface area (Å²) in [6.45, 7) is 4.44. The maximum absolute atomic E-state index is 10.7. The number of carboxylic acid groups (broad SMARTS) is 1. The van der Waals surface area contributed by atoms with Crippen molar-refractivity contribution in [3.05, 3.63) is 28.8 Å². The highest BCUT2D eigenvalue weighted by Gasteiger charge is 2.16. The molecule has 0 heterocycles. The van der Waals surface area contributed by atoms with Crippen LogP contribution in [-0.2, 0) is 0 Å². The van der Waals surface area contributed by atoms with E-state index in [0.717, 1.165) is 0 Å². The van der Waals surface area contributed by atoms with E-state index in [9.17, 15) is 4.79 Å². The zero-order chi connectivity index (χ0) is 13.1. The second-order valence-corrected chi connectivity index (χ2v) is 5.08. The number of carboxylic acids is 1. The number of aromatic carboxylic acids is 1. The van der Waals surface area contributed by atoms with Gasteiger partial charge in [0.25, 0.3) is 0 Å². The average molecular weight is 258 g/mol. The topological polar surface area (TPSA) is 69.6 Å². The zero-order valence-electron chi connectivity index (χ0n) is 9.83.